The maximum absolute atomic E-state index is 5.73. The van der Waals surface area contributed by atoms with Gasteiger partial charge in [-0.15, -0.1) is 0 Å². The van der Waals surface area contributed by atoms with E-state index in [0.717, 1.165) is 31.4 Å². The Labute approximate surface area is 133 Å². The Morgan fingerprint density at radius 1 is 1.05 bits per heavy atom. The van der Waals surface area contributed by atoms with Gasteiger partial charge in [0.1, 0.15) is 5.75 Å². The smallest absolute Gasteiger partial charge is 0.162 e. The summed E-state index contributed by atoms with van der Waals surface area (Å²) < 4.78 is 21.8. The molecule has 124 valence electrons. The van der Waals surface area contributed by atoms with Gasteiger partial charge >= 0.3 is 0 Å². The summed E-state index contributed by atoms with van der Waals surface area (Å²) in [6, 6.07) is 8.26. The number of aryl methyl sites for hydroxylation is 1. The summed E-state index contributed by atoms with van der Waals surface area (Å²) in [4.78, 5) is 0. The fraction of sp³-hybridized carbons (Fsp3) is 0.667. The molecule has 1 aromatic carbocycles. The van der Waals surface area contributed by atoms with Crippen molar-refractivity contribution in [2.45, 2.75) is 57.5 Å². The number of rotatable bonds is 10. The summed E-state index contributed by atoms with van der Waals surface area (Å²) in [5.74, 6) is 0.418. The topological polar surface area (TPSA) is 40.2 Å². The Balaban J connectivity index is 1.56. The van der Waals surface area contributed by atoms with Crippen LogP contribution in [0, 0.1) is 0 Å². The quantitative estimate of drug-likeness (QED) is 0.376. The number of ether oxygens (including phenoxy) is 4. The number of hydrogen-bond acceptors (Lipinski definition) is 4. The predicted molar refractivity (Wildman–Crippen MR) is 86.3 cm³/mol. The monoisotopic (exact) mass is 308 g/mol. The van der Waals surface area contributed by atoms with Crippen LogP contribution in [0.25, 0.3) is 0 Å². The summed E-state index contributed by atoms with van der Waals surface area (Å²) in [6.07, 6.45) is 5.04. The molecule has 0 aromatic heterocycles. The SMILES string of the molecule is COc1ccc(CCC2OC2CCCOC(C)(C)OC)cc1. The van der Waals surface area contributed by atoms with E-state index in [-0.39, 0.29) is 0 Å². The first-order valence-corrected chi connectivity index (χ1v) is 8.01. The van der Waals surface area contributed by atoms with E-state index >= 15 is 0 Å². The van der Waals surface area contributed by atoms with Gasteiger partial charge in [-0.25, -0.2) is 0 Å². The normalized spacial score (nSPS) is 20.9. The predicted octanol–water partition coefficient (Wildman–Crippen LogP) is 3.57. The van der Waals surface area contributed by atoms with Crippen LogP contribution in [0.15, 0.2) is 24.3 Å². The van der Waals surface area contributed by atoms with Gasteiger partial charge in [0, 0.05) is 7.11 Å². The van der Waals surface area contributed by atoms with Gasteiger partial charge in [-0.1, -0.05) is 12.1 Å². The highest BCUT2D eigenvalue weighted by molar-refractivity contribution is 5.27. The van der Waals surface area contributed by atoms with E-state index in [1.807, 2.05) is 26.0 Å². The van der Waals surface area contributed by atoms with Crippen molar-refractivity contribution in [3.8, 4) is 5.75 Å². The lowest BCUT2D eigenvalue weighted by Gasteiger charge is -2.23. The molecule has 0 saturated carbocycles. The van der Waals surface area contributed by atoms with Gasteiger partial charge in [0.25, 0.3) is 0 Å². The molecule has 0 radical (unpaired) electrons. The Hall–Kier alpha value is -1.10. The van der Waals surface area contributed by atoms with Crippen molar-refractivity contribution >= 4 is 0 Å². The molecule has 22 heavy (non-hydrogen) atoms. The Morgan fingerprint density at radius 2 is 1.73 bits per heavy atom. The van der Waals surface area contributed by atoms with Crippen molar-refractivity contribution in [2.24, 2.45) is 0 Å². The van der Waals surface area contributed by atoms with Crippen LogP contribution in [-0.2, 0) is 20.6 Å². The highest BCUT2D eigenvalue weighted by Gasteiger charge is 2.37. The average Bonchev–Trinajstić information content (AvgIpc) is 3.28. The molecule has 1 fully saturated rings. The number of epoxide rings is 1. The Bertz CT molecular complexity index is 441. The first-order chi connectivity index (χ1) is 10.5. The van der Waals surface area contributed by atoms with Crippen LogP contribution in [0.1, 0.15) is 38.7 Å². The Kier molecular flexibility index (Phi) is 6.24. The molecule has 2 rings (SSSR count). The molecule has 2 unspecified atom stereocenters. The third-order valence-electron chi connectivity index (χ3n) is 4.14. The maximum Gasteiger partial charge on any atom is 0.162 e. The highest BCUT2D eigenvalue weighted by Crippen LogP contribution is 2.31. The number of benzene rings is 1. The van der Waals surface area contributed by atoms with Crippen molar-refractivity contribution in [1.82, 2.24) is 0 Å². The lowest BCUT2D eigenvalue weighted by Crippen LogP contribution is -2.27. The van der Waals surface area contributed by atoms with E-state index in [9.17, 15) is 0 Å². The second-order valence-electron chi connectivity index (χ2n) is 6.19. The third-order valence-corrected chi connectivity index (χ3v) is 4.14. The number of methoxy groups -OCH3 is 2. The van der Waals surface area contributed by atoms with E-state index in [4.69, 9.17) is 18.9 Å². The molecular formula is C18H28O4. The first kappa shape index (κ1) is 17.3. The molecule has 0 amide bonds. The van der Waals surface area contributed by atoms with Gasteiger partial charge in [-0.3, -0.25) is 0 Å². The molecule has 4 nitrogen and oxygen atoms in total. The van der Waals surface area contributed by atoms with Crippen LogP contribution in [-0.4, -0.2) is 38.8 Å². The van der Waals surface area contributed by atoms with Crippen LogP contribution in [0.4, 0.5) is 0 Å². The molecule has 1 saturated heterocycles. The molecule has 0 aliphatic carbocycles. The molecule has 2 atom stereocenters. The minimum absolute atomic E-state index is 0.410. The molecule has 1 aliphatic rings. The van der Waals surface area contributed by atoms with Crippen LogP contribution < -0.4 is 4.74 Å². The van der Waals surface area contributed by atoms with Gasteiger partial charge < -0.3 is 18.9 Å². The summed E-state index contributed by atoms with van der Waals surface area (Å²) in [5.41, 5.74) is 1.33. The lowest BCUT2D eigenvalue weighted by molar-refractivity contribution is -0.197. The first-order valence-electron chi connectivity index (χ1n) is 8.01. The average molecular weight is 308 g/mol. The van der Waals surface area contributed by atoms with Crippen LogP contribution in [0.3, 0.4) is 0 Å². The minimum Gasteiger partial charge on any atom is -0.497 e. The fourth-order valence-electron chi connectivity index (χ4n) is 2.45. The highest BCUT2D eigenvalue weighted by atomic mass is 16.7. The standard InChI is InChI=1S/C18H28O4/c1-18(2,20-4)21-13-5-6-16-17(22-16)12-9-14-7-10-15(19-3)11-8-14/h7-8,10-11,16-17H,5-6,9,12-13H2,1-4H3. The van der Waals surface area contributed by atoms with E-state index in [1.165, 1.54) is 5.56 Å². The molecule has 1 heterocycles. The zero-order valence-corrected chi connectivity index (χ0v) is 14.1. The summed E-state index contributed by atoms with van der Waals surface area (Å²) in [7, 11) is 3.36. The van der Waals surface area contributed by atoms with Gasteiger partial charge in [0.2, 0.25) is 0 Å². The minimum atomic E-state index is -0.488. The summed E-state index contributed by atoms with van der Waals surface area (Å²) in [5, 5.41) is 0. The molecule has 1 aliphatic heterocycles. The molecular weight excluding hydrogens is 280 g/mol. The molecule has 0 N–H and O–H groups in total. The van der Waals surface area contributed by atoms with Crippen molar-refractivity contribution in [3.63, 3.8) is 0 Å². The molecule has 0 spiro atoms. The summed E-state index contributed by atoms with van der Waals surface area (Å²) >= 11 is 0. The zero-order valence-electron chi connectivity index (χ0n) is 14.1. The van der Waals surface area contributed by atoms with Gasteiger partial charge in [-0.2, -0.15) is 0 Å². The van der Waals surface area contributed by atoms with E-state index < -0.39 is 5.79 Å². The number of hydrogen-bond donors (Lipinski definition) is 0. The zero-order chi connectivity index (χ0) is 16.0. The van der Waals surface area contributed by atoms with Crippen LogP contribution >= 0.6 is 0 Å². The Morgan fingerprint density at radius 3 is 2.36 bits per heavy atom. The fourth-order valence-corrected chi connectivity index (χ4v) is 2.45. The maximum atomic E-state index is 5.73. The van der Waals surface area contributed by atoms with Gasteiger partial charge in [0.05, 0.1) is 25.9 Å². The summed E-state index contributed by atoms with van der Waals surface area (Å²) in [6.45, 7) is 4.57. The van der Waals surface area contributed by atoms with Crippen LogP contribution in [0.5, 0.6) is 5.75 Å². The van der Waals surface area contributed by atoms with Crippen LogP contribution in [0.2, 0.25) is 0 Å². The molecule has 4 heteroatoms. The molecule has 1 aromatic rings. The van der Waals surface area contributed by atoms with Crippen molar-refractivity contribution in [3.05, 3.63) is 29.8 Å². The van der Waals surface area contributed by atoms with E-state index in [0.29, 0.717) is 18.8 Å². The van der Waals surface area contributed by atoms with Gasteiger partial charge in [-0.05, 0) is 57.2 Å². The molecule has 0 bridgehead atoms. The van der Waals surface area contributed by atoms with E-state index in [2.05, 4.69) is 12.1 Å². The van der Waals surface area contributed by atoms with Crippen molar-refractivity contribution in [1.29, 1.82) is 0 Å². The lowest BCUT2D eigenvalue weighted by atomic mass is 10.1. The van der Waals surface area contributed by atoms with Crippen molar-refractivity contribution < 1.29 is 18.9 Å². The largest absolute Gasteiger partial charge is 0.497 e. The second kappa shape index (κ2) is 7.95. The van der Waals surface area contributed by atoms with Crippen molar-refractivity contribution in [2.75, 3.05) is 20.8 Å². The van der Waals surface area contributed by atoms with E-state index in [1.54, 1.807) is 14.2 Å². The second-order valence-corrected chi connectivity index (χ2v) is 6.19. The third kappa shape index (κ3) is 5.59. The van der Waals surface area contributed by atoms with Gasteiger partial charge in [0.15, 0.2) is 5.79 Å².